The number of methoxy groups -OCH3 is 2. The van der Waals surface area contributed by atoms with Gasteiger partial charge in [-0.1, -0.05) is 46.5 Å². The maximum Gasteiger partial charge on any atom is 0.328 e. The van der Waals surface area contributed by atoms with Crippen LogP contribution in [0, 0.1) is 0 Å². The molecule has 1 aromatic rings. The van der Waals surface area contributed by atoms with Gasteiger partial charge in [0.15, 0.2) is 0 Å². The van der Waals surface area contributed by atoms with E-state index in [9.17, 15) is 4.79 Å². The number of carboxylic acids is 1. The average molecular weight is 334 g/mol. The average Bonchev–Trinajstić information content (AvgIpc) is 2.55. The molecule has 0 aliphatic carbocycles. The first kappa shape index (κ1) is 20.1. The largest absolute Gasteiger partial charge is 0.496 e. The number of benzene rings is 1. The first-order valence-electron chi connectivity index (χ1n) is 8.53. The van der Waals surface area contributed by atoms with Crippen LogP contribution in [-0.4, -0.2) is 25.3 Å². The van der Waals surface area contributed by atoms with Crippen LogP contribution in [0.4, 0.5) is 0 Å². The molecule has 1 rings (SSSR count). The Morgan fingerprint density at radius 2 is 1.71 bits per heavy atom. The van der Waals surface area contributed by atoms with Crippen molar-refractivity contribution in [3.63, 3.8) is 0 Å². The summed E-state index contributed by atoms with van der Waals surface area (Å²) in [4.78, 5) is 10.8. The number of unbranched alkanes of at least 4 members (excludes halogenated alkanes) is 3. The monoisotopic (exact) mass is 334 g/mol. The number of carbonyl (C=O) groups is 1. The zero-order chi connectivity index (χ0) is 18.2. The van der Waals surface area contributed by atoms with Gasteiger partial charge in [0.2, 0.25) is 0 Å². The van der Waals surface area contributed by atoms with Gasteiger partial charge < -0.3 is 14.6 Å². The van der Waals surface area contributed by atoms with Crippen molar-refractivity contribution in [1.82, 2.24) is 0 Å². The second-order valence-corrected chi connectivity index (χ2v) is 6.66. The lowest BCUT2D eigenvalue weighted by atomic mass is 9.79. The minimum absolute atomic E-state index is 0.00332. The molecule has 0 amide bonds. The standard InChI is InChI=1S/C20H30O4/c1-6-7-8-9-12-20(2,3)15-13-17(23-4)16(10-11-19(21)22)18(14-15)24-5/h10-11,13-14H,6-9,12H2,1-5H3,(H,21,22)/b11-10+. The quantitative estimate of drug-likeness (QED) is 0.480. The molecular weight excluding hydrogens is 304 g/mol. The SMILES string of the molecule is CCCCCCC(C)(C)c1cc(OC)c(/C=C/C(=O)O)c(OC)c1. The van der Waals surface area contributed by atoms with E-state index in [1.807, 2.05) is 12.1 Å². The summed E-state index contributed by atoms with van der Waals surface area (Å²) in [6.45, 7) is 6.66. The van der Waals surface area contributed by atoms with Gasteiger partial charge in [-0.2, -0.15) is 0 Å². The van der Waals surface area contributed by atoms with Crippen LogP contribution in [-0.2, 0) is 10.2 Å². The molecule has 0 unspecified atom stereocenters. The molecule has 0 spiro atoms. The zero-order valence-corrected chi connectivity index (χ0v) is 15.5. The fraction of sp³-hybridized carbons (Fsp3) is 0.550. The summed E-state index contributed by atoms with van der Waals surface area (Å²) in [7, 11) is 3.18. The van der Waals surface area contributed by atoms with Gasteiger partial charge in [0, 0.05) is 6.08 Å². The number of ether oxygens (including phenoxy) is 2. The molecule has 1 N–H and O–H groups in total. The molecular formula is C20H30O4. The van der Waals surface area contributed by atoms with Crippen molar-refractivity contribution in [2.24, 2.45) is 0 Å². The summed E-state index contributed by atoms with van der Waals surface area (Å²) in [5, 5.41) is 8.86. The van der Waals surface area contributed by atoms with Crippen LogP contribution in [0.3, 0.4) is 0 Å². The molecule has 0 radical (unpaired) electrons. The van der Waals surface area contributed by atoms with E-state index in [2.05, 4.69) is 20.8 Å². The van der Waals surface area contributed by atoms with E-state index in [4.69, 9.17) is 14.6 Å². The predicted molar refractivity (Wildman–Crippen MR) is 98.0 cm³/mol. The number of rotatable bonds is 10. The minimum Gasteiger partial charge on any atom is -0.496 e. The second-order valence-electron chi connectivity index (χ2n) is 6.66. The first-order valence-corrected chi connectivity index (χ1v) is 8.53. The predicted octanol–water partition coefficient (Wildman–Crippen LogP) is 5.05. The molecule has 0 fully saturated rings. The van der Waals surface area contributed by atoms with Gasteiger partial charge in [-0.25, -0.2) is 4.79 Å². The molecule has 24 heavy (non-hydrogen) atoms. The molecule has 4 nitrogen and oxygen atoms in total. The van der Waals surface area contributed by atoms with Crippen LogP contribution in [0.15, 0.2) is 18.2 Å². The van der Waals surface area contributed by atoms with E-state index >= 15 is 0 Å². The van der Waals surface area contributed by atoms with Gasteiger partial charge in [0.1, 0.15) is 11.5 Å². The molecule has 0 aromatic heterocycles. The molecule has 4 heteroatoms. The molecule has 0 atom stereocenters. The summed E-state index contributed by atoms with van der Waals surface area (Å²) in [5.41, 5.74) is 1.79. The van der Waals surface area contributed by atoms with Gasteiger partial charge in [-0.3, -0.25) is 0 Å². The summed E-state index contributed by atoms with van der Waals surface area (Å²) >= 11 is 0. The van der Waals surface area contributed by atoms with E-state index in [1.165, 1.54) is 31.8 Å². The second kappa shape index (κ2) is 9.36. The Morgan fingerprint density at radius 3 is 2.17 bits per heavy atom. The molecule has 0 heterocycles. The van der Waals surface area contributed by atoms with Crippen LogP contribution < -0.4 is 9.47 Å². The minimum atomic E-state index is -1.00. The van der Waals surface area contributed by atoms with Crippen molar-refractivity contribution in [3.8, 4) is 11.5 Å². The van der Waals surface area contributed by atoms with E-state index in [1.54, 1.807) is 14.2 Å². The summed E-state index contributed by atoms with van der Waals surface area (Å²) < 4.78 is 10.9. The van der Waals surface area contributed by atoms with Crippen molar-refractivity contribution in [3.05, 3.63) is 29.3 Å². The Balaban J connectivity index is 3.14. The highest BCUT2D eigenvalue weighted by Gasteiger charge is 2.23. The maximum absolute atomic E-state index is 10.8. The Morgan fingerprint density at radius 1 is 1.12 bits per heavy atom. The van der Waals surface area contributed by atoms with E-state index < -0.39 is 5.97 Å². The summed E-state index contributed by atoms with van der Waals surface area (Å²) in [5.74, 6) is 0.256. The number of hydrogen-bond acceptors (Lipinski definition) is 3. The fourth-order valence-electron chi connectivity index (χ4n) is 2.79. The van der Waals surface area contributed by atoms with Crippen molar-refractivity contribution in [1.29, 1.82) is 0 Å². The van der Waals surface area contributed by atoms with Crippen LogP contribution >= 0.6 is 0 Å². The third-order valence-corrected chi connectivity index (χ3v) is 4.37. The van der Waals surface area contributed by atoms with Gasteiger partial charge >= 0.3 is 5.97 Å². The molecule has 0 bridgehead atoms. The highest BCUT2D eigenvalue weighted by atomic mass is 16.5. The maximum atomic E-state index is 10.8. The molecule has 0 aliphatic heterocycles. The Kier molecular flexibility index (Phi) is 7.83. The highest BCUT2D eigenvalue weighted by Crippen LogP contribution is 2.38. The molecule has 1 aromatic carbocycles. The topological polar surface area (TPSA) is 55.8 Å². The molecule has 0 saturated carbocycles. The van der Waals surface area contributed by atoms with Crippen LogP contribution in [0.2, 0.25) is 0 Å². The van der Waals surface area contributed by atoms with Crippen LogP contribution in [0.1, 0.15) is 64.0 Å². The fourth-order valence-corrected chi connectivity index (χ4v) is 2.79. The summed E-state index contributed by atoms with van der Waals surface area (Å²) in [6.07, 6.45) is 8.62. The zero-order valence-electron chi connectivity index (χ0n) is 15.5. The smallest absolute Gasteiger partial charge is 0.328 e. The number of aliphatic carboxylic acids is 1. The first-order chi connectivity index (χ1) is 11.4. The van der Waals surface area contributed by atoms with Crippen molar-refractivity contribution < 1.29 is 19.4 Å². The van der Waals surface area contributed by atoms with Crippen molar-refractivity contribution >= 4 is 12.0 Å². The third-order valence-electron chi connectivity index (χ3n) is 4.37. The van der Waals surface area contributed by atoms with Gasteiger partial charge in [0.05, 0.1) is 19.8 Å². The van der Waals surface area contributed by atoms with E-state index in [0.717, 1.165) is 18.1 Å². The Bertz CT molecular complexity index is 548. The number of carboxylic acid groups (broad SMARTS) is 1. The molecule has 0 aliphatic rings. The van der Waals surface area contributed by atoms with Crippen molar-refractivity contribution in [2.75, 3.05) is 14.2 Å². The normalized spacial score (nSPS) is 11.7. The highest BCUT2D eigenvalue weighted by molar-refractivity contribution is 5.86. The Labute approximate surface area is 145 Å². The summed E-state index contributed by atoms with van der Waals surface area (Å²) in [6, 6.07) is 3.98. The van der Waals surface area contributed by atoms with Gasteiger partial charge in [-0.05, 0) is 35.6 Å². The van der Waals surface area contributed by atoms with Gasteiger partial charge in [-0.15, -0.1) is 0 Å². The lowest BCUT2D eigenvalue weighted by molar-refractivity contribution is -0.131. The van der Waals surface area contributed by atoms with Crippen LogP contribution in [0.25, 0.3) is 6.08 Å². The molecule has 134 valence electrons. The lowest BCUT2D eigenvalue weighted by Crippen LogP contribution is -2.17. The Hall–Kier alpha value is -1.97. The van der Waals surface area contributed by atoms with Gasteiger partial charge in [0.25, 0.3) is 0 Å². The van der Waals surface area contributed by atoms with E-state index in [-0.39, 0.29) is 5.41 Å². The van der Waals surface area contributed by atoms with Crippen molar-refractivity contribution in [2.45, 2.75) is 58.3 Å². The third kappa shape index (κ3) is 5.59. The van der Waals surface area contributed by atoms with E-state index in [0.29, 0.717) is 17.1 Å². The number of hydrogen-bond donors (Lipinski definition) is 1. The van der Waals surface area contributed by atoms with Crippen LogP contribution in [0.5, 0.6) is 11.5 Å². The lowest BCUT2D eigenvalue weighted by Gasteiger charge is -2.27. The molecule has 0 saturated heterocycles.